The smallest absolute Gasteiger partial charge is 0.338 e. The maximum atomic E-state index is 10.8. The van der Waals surface area contributed by atoms with E-state index in [1.54, 1.807) is 6.07 Å². The molecule has 4 aromatic rings. The SMILES string of the molecule is CC(C)C1CCC(C(c2ccccc2)(c2ccccc2)c2ccccc2)CC1.O=C1OCc2ccccc21. The largest absolute Gasteiger partial charge is 0.457 e. The highest BCUT2D eigenvalue weighted by Crippen LogP contribution is 2.51. The monoisotopic (exact) mass is 502 g/mol. The van der Waals surface area contributed by atoms with Gasteiger partial charge in [-0.25, -0.2) is 4.79 Å². The van der Waals surface area contributed by atoms with Crippen molar-refractivity contribution >= 4 is 5.97 Å². The number of hydrogen-bond acceptors (Lipinski definition) is 2. The van der Waals surface area contributed by atoms with E-state index in [1.807, 2.05) is 18.2 Å². The van der Waals surface area contributed by atoms with Crippen LogP contribution in [0.4, 0.5) is 0 Å². The molecule has 1 saturated carbocycles. The Hall–Kier alpha value is -3.65. The quantitative estimate of drug-likeness (QED) is 0.201. The van der Waals surface area contributed by atoms with Crippen LogP contribution in [0.3, 0.4) is 0 Å². The highest BCUT2D eigenvalue weighted by atomic mass is 16.5. The lowest BCUT2D eigenvalue weighted by molar-refractivity contribution is 0.0535. The van der Waals surface area contributed by atoms with Gasteiger partial charge in [0.15, 0.2) is 0 Å². The average molecular weight is 503 g/mol. The van der Waals surface area contributed by atoms with Crippen molar-refractivity contribution in [1.29, 1.82) is 0 Å². The fourth-order valence-corrected chi connectivity index (χ4v) is 6.60. The standard InChI is InChI=1S/C28H32.C8H6O2/c1-22(2)23-18-20-27(21-19-23)28(24-12-6-3-7-13-24,25-14-8-4-9-15-25)26-16-10-5-11-17-26;9-8-7-4-2-1-3-6(7)5-10-8/h3-17,22-23,27H,18-21H2,1-2H3;1-4H,5H2. The number of carbonyl (C=O) groups is 1. The van der Waals surface area contributed by atoms with Gasteiger partial charge in [-0.1, -0.05) is 123 Å². The van der Waals surface area contributed by atoms with E-state index in [2.05, 4.69) is 105 Å². The summed E-state index contributed by atoms with van der Waals surface area (Å²) >= 11 is 0. The molecule has 4 aromatic carbocycles. The van der Waals surface area contributed by atoms with Crippen LogP contribution in [0.1, 0.15) is 72.1 Å². The molecule has 1 aliphatic heterocycles. The molecule has 0 radical (unpaired) electrons. The minimum atomic E-state index is -0.199. The molecule has 0 atom stereocenters. The van der Waals surface area contributed by atoms with E-state index in [0.717, 1.165) is 17.4 Å². The zero-order valence-electron chi connectivity index (χ0n) is 22.6. The van der Waals surface area contributed by atoms with E-state index >= 15 is 0 Å². The highest BCUT2D eigenvalue weighted by Gasteiger charge is 2.44. The first kappa shape index (κ1) is 26.0. The second-order valence-corrected chi connectivity index (χ2v) is 11.0. The molecule has 2 nitrogen and oxygen atoms in total. The molecule has 0 N–H and O–H groups in total. The first-order chi connectivity index (χ1) is 18.6. The van der Waals surface area contributed by atoms with Crippen molar-refractivity contribution in [3.8, 4) is 0 Å². The van der Waals surface area contributed by atoms with Gasteiger partial charge in [0, 0.05) is 11.0 Å². The number of benzene rings is 4. The van der Waals surface area contributed by atoms with Crippen LogP contribution in [0.15, 0.2) is 115 Å². The van der Waals surface area contributed by atoms with Gasteiger partial charge in [0.25, 0.3) is 0 Å². The zero-order chi connectivity index (χ0) is 26.4. The predicted octanol–water partition coefficient (Wildman–Crippen LogP) is 8.84. The van der Waals surface area contributed by atoms with Crippen molar-refractivity contribution in [3.05, 3.63) is 143 Å². The summed E-state index contributed by atoms with van der Waals surface area (Å²) in [4.78, 5) is 10.8. The van der Waals surface area contributed by atoms with Gasteiger partial charge >= 0.3 is 5.97 Å². The normalized spacial score (nSPS) is 18.8. The summed E-state index contributed by atoms with van der Waals surface area (Å²) in [7, 11) is 0. The fraction of sp³-hybridized carbons (Fsp3) is 0.306. The van der Waals surface area contributed by atoms with Gasteiger partial charge in [0.05, 0.1) is 5.56 Å². The van der Waals surface area contributed by atoms with Crippen LogP contribution in [0, 0.1) is 17.8 Å². The van der Waals surface area contributed by atoms with Crippen LogP contribution in [0.5, 0.6) is 0 Å². The molecule has 1 fully saturated rings. The van der Waals surface area contributed by atoms with Crippen molar-refractivity contribution < 1.29 is 9.53 Å². The van der Waals surface area contributed by atoms with E-state index in [9.17, 15) is 4.79 Å². The zero-order valence-corrected chi connectivity index (χ0v) is 22.6. The Balaban J connectivity index is 0.000000244. The number of fused-ring (bicyclic) bond motifs is 1. The van der Waals surface area contributed by atoms with E-state index in [0.29, 0.717) is 18.1 Å². The van der Waals surface area contributed by atoms with Gasteiger partial charge in [-0.15, -0.1) is 0 Å². The van der Waals surface area contributed by atoms with Crippen LogP contribution < -0.4 is 0 Å². The fourth-order valence-electron chi connectivity index (χ4n) is 6.60. The molecule has 2 heteroatoms. The summed E-state index contributed by atoms with van der Waals surface area (Å²) in [5.41, 5.74) is 5.92. The van der Waals surface area contributed by atoms with E-state index in [4.69, 9.17) is 4.74 Å². The first-order valence-electron chi connectivity index (χ1n) is 14.0. The molecule has 194 valence electrons. The molecule has 0 spiro atoms. The number of esters is 1. The van der Waals surface area contributed by atoms with Crippen molar-refractivity contribution in [2.45, 2.75) is 51.6 Å². The molecular weight excluding hydrogens is 464 g/mol. The van der Waals surface area contributed by atoms with Gasteiger partial charge in [-0.05, 0) is 66.2 Å². The number of cyclic esters (lactones) is 1. The van der Waals surface area contributed by atoms with Crippen LogP contribution >= 0.6 is 0 Å². The van der Waals surface area contributed by atoms with Crippen LogP contribution in [-0.2, 0) is 16.8 Å². The summed E-state index contributed by atoms with van der Waals surface area (Å²) in [5, 5.41) is 0. The lowest BCUT2D eigenvalue weighted by atomic mass is 9.57. The number of ether oxygens (including phenoxy) is 1. The highest BCUT2D eigenvalue weighted by molar-refractivity contribution is 5.93. The molecule has 0 unspecified atom stereocenters. The Bertz CT molecular complexity index is 1210. The minimum absolute atomic E-state index is 0.0776. The Kier molecular flexibility index (Phi) is 8.08. The topological polar surface area (TPSA) is 26.3 Å². The van der Waals surface area contributed by atoms with Crippen molar-refractivity contribution in [3.63, 3.8) is 0 Å². The summed E-state index contributed by atoms with van der Waals surface area (Å²) in [6, 6.07) is 41.1. The Morgan fingerprint density at radius 1 is 0.632 bits per heavy atom. The summed E-state index contributed by atoms with van der Waals surface area (Å²) in [5.74, 6) is 2.09. The van der Waals surface area contributed by atoms with Gasteiger partial charge in [-0.2, -0.15) is 0 Å². The van der Waals surface area contributed by atoms with Crippen LogP contribution in [0.2, 0.25) is 0 Å². The number of carbonyl (C=O) groups excluding carboxylic acids is 1. The van der Waals surface area contributed by atoms with Crippen LogP contribution in [0.25, 0.3) is 0 Å². The molecule has 1 aliphatic carbocycles. The molecule has 0 bridgehead atoms. The third-order valence-electron chi connectivity index (χ3n) is 8.61. The molecule has 0 saturated heterocycles. The van der Waals surface area contributed by atoms with Crippen molar-refractivity contribution in [1.82, 2.24) is 0 Å². The molecule has 6 rings (SSSR count). The molecular formula is C36H38O2. The van der Waals surface area contributed by atoms with Gasteiger partial charge in [-0.3, -0.25) is 0 Å². The minimum Gasteiger partial charge on any atom is -0.457 e. The van der Waals surface area contributed by atoms with E-state index < -0.39 is 0 Å². The Labute approximate surface area is 227 Å². The van der Waals surface area contributed by atoms with Crippen molar-refractivity contribution in [2.75, 3.05) is 0 Å². The lowest BCUT2D eigenvalue weighted by Crippen LogP contribution is -2.40. The second-order valence-electron chi connectivity index (χ2n) is 11.0. The van der Waals surface area contributed by atoms with Crippen LogP contribution in [-0.4, -0.2) is 5.97 Å². The molecule has 0 amide bonds. The Morgan fingerprint density at radius 3 is 1.53 bits per heavy atom. The maximum Gasteiger partial charge on any atom is 0.338 e. The molecule has 1 heterocycles. The average Bonchev–Trinajstić information content (AvgIpc) is 3.36. The number of hydrogen-bond donors (Lipinski definition) is 0. The third kappa shape index (κ3) is 5.18. The molecule has 0 aromatic heterocycles. The lowest BCUT2D eigenvalue weighted by Gasteiger charge is -2.46. The summed E-state index contributed by atoms with van der Waals surface area (Å²) < 4.78 is 4.78. The van der Waals surface area contributed by atoms with E-state index in [-0.39, 0.29) is 11.4 Å². The third-order valence-corrected chi connectivity index (χ3v) is 8.61. The van der Waals surface area contributed by atoms with Gasteiger partial charge in [0.1, 0.15) is 6.61 Å². The summed E-state index contributed by atoms with van der Waals surface area (Å²) in [6.07, 6.45) is 5.27. The first-order valence-corrected chi connectivity index (χ1v) is 14.0. The molecule has 2 aliphatic rings. The van der Waals surface area contributed by atoms with Crippen molar-refractivity contribution in [2.24, 2.45) is 17.8 Å². The predicted molar refractivity (Wildman–Crippen MR) is 155 cm³/mol. The number of rotatable bonds is 5. The Morgan fingerprint density at radius 2 is 1.08 bits per heavy atom. The second kappa shape index (κ2) is 11.8. The van der Waals surface area contributed by atoms with Gasteiger partial charge in [0.2, 0.25) is 0 Å². The maximum absolute atomic E-state index is 10.8. The van der Waals surface area contributed by atoms with E-state index in [1.165, 1.54) is 42.4 Å². The summed E-state index contributed by atoms with van der Waals surface area (Å²) in [6.45, 7) is 5.22. The van der Waals surface area contributed by atoms with Gasteiger partial charge < -0.3 is 4.74 Å². The molecule has 38 heavy (non-hydrogen) atoms.